The monoisotopic (exact) mass is 798 g/mol. The molecule has 0 aliphatic carbocycles. The SMILES string of the molecule is COC(=O)CCC(=O)CNC(=O)[C@@H]1C[C@@H](OC(C)=O)CN1C(=O)OC(C)(C)C.COC(=O)CCc1cnc([C@@H]2C[C@@H](OC(C)=O)CN2C(=O)OC(C)(C)C)s1. The first-order valence-corrected chi connectivity index (χ1v) is 18.5. The summed E-state index contributed by atoms with van der Waals surface area (Å²) in [6.07, 6.45) is 0.701. The van der Waals surface area contributed by atoms with E-state index in [1.807, 2.05) is 0 Å². The van der Waals surface area contributed by atoms with Crippen LogP contribution in [-0.4, -0.2) is 126 Å². The highest BCUT2D eigenvalue weighted by atomic mass is 32.1. The Morgan fingerprint density at radius 2 is 1.27 bits per heavy atom. The van der Waals surface area contributed by atoms with Crippen LogP contribution >= 0.6 is 11.3 Å². The lowest BCUT2D eigenvalue weighted by atomic mass is 10.1. The van der Waals surface area contributed by atoms with Crippen molar-refractivity contribution in [2.45, 2.75) is 129 Å². The van der Waals surface area contributed by atoms with Gasteiger partial charge in [0.15, 0.2) is 5.78 Å². The molecule has 0 unspecified atom stereocenters. The van der Waals surface area contributed by atoms with Crippen LogP contribution in [0.25, 0.3) is 0 Å². The van der Waals surface area contributed by atoms with Gasteiger partial charge in [0.05, 0.1) is 52.7 Å². The molecule has 2 saturated heterocycles. The fourth-order valence-electron chi connectivity index (χ4n) is 5.42. The quantitative estimate of drug-likeness (QED) is 0.236. The van der Waals surface area contributed by atoms with Crippen molar-refractivity contribution in [3.63, 3.8) is 0 Å². The molecule has 1 N–H and O–H groups in total. The van der Waals surface area contributed by atoms with Crippen LogP contribution in [0.4, 0.5) is 9.59 Å². The zero-order valence-electron chi connectivity index (χ0n) is 33.2. The second-order valence-electron chi connectivity index (χ2n) is 14.8. The van der Waals surface area contributed by atoms with Gasteiger partial charge < -0.3 is 33.7 Å². The van der Waals surface area contributed by atoms with E-state index in [0.29, 0.717) is 12.8 Å². The summed E-state index contributed by atoms with van der Waals surface area (Å²) in [4.78, 5) is 102. The van der Waals surface area contributed by atoms with Crippen molar-refractivity contribution in [3.05, 3.63) is 16.1 Å². The van der Waals surface area contributed by atoms with Gasteiger partial charge in [0.2, 0.25) is 5.91 Å². The van der Waals surface area contributed by atoms with Crippen LogP contribution in [0.3, 0.4) is 0 Å². The van der Waals surface area contributed by atoms with Gasteiger partial charge in [-0.15, -0.1) is 11.3 Å². The van der Waals surface area contributed by atoms with Crippen LogP contribution in [0.5, 0.6) is 0 Å². The van der Waals surface area contributed by atoms with Crippen molar-refractivity contribution in [1.82, 2.24) is 20.1 Å². The summed E-state index contributed by atoms with van der Waals surface area (Å²) >= 11 is 1.43. The number of amides is 3. The molecule has 19 heteroatoms. The van der Waals surface area contributed by atoms with E-state index in [-0.39, 0.29) is 69.1 Å². The average Bonchev–Trinajstić information content (AvgIpc) is 3.82. The summed E-state index contributed by atoms with van der Waals surface area (Å²) in [6, 6.07) is -1.27. The number of aryl methyl sites for hydroxylation is 1. The second-order valence-corrected chi connectivity index (χ2v) is 16.0. The molecule has 4 atom stereocenters. The molecule has 2 fully saturated rings. The lowest BCUT2D eigenvalue weighted by Gasteiger charge is -2.27. The molecule has 0 aromatic carbocycles. The molecule has 18 nitrogen and oxygen atoms in total. The van der Waals surface area contributed by atoms with Gasteiger partial charge in [0.1, 0.15) is 34.5 Å². The highest BCUT2D eigenvalue weighted by Crippen LogP contribution is 2.37. The Labute approximate surface area is 324 Å². The van der Waals surface area contributed by atoms with Crippen molar-refractivity contribution in [2.24, 2.45) is 0 Å². The molecule has 0 radical (unpaired) electrons. The Balaban J connectivity index is 0.000000380. The average molecular weight is 799 g/mol. The molecular formula is C36H54N4O14S. The van der Waals surface area contributed by atoms with E-state index in [4.69, 9.17) is 18.9 Å². The molecule has 55 heavy (non-hydrogen) atoms. The third-order valence-corrected chi connectivity index (χ3v) is 8.86. The summed E-state index contributed by atoms with van der Waals surface area (Å²) in [6.45, 7) is 13.1. The third kappa shape index (κ3) is 16.6. The first-order valence-electron chi connectivity index (χ1n) is 17.7. The third-order valence-electron chi connectivity index (χ3n) is 7.70. The lowest BCUT2D eigenvalue weighted by Crippen LogP contribution is -2.48. The minimum Gasteiger partial charge on any atom is -0.469 e. The maximum absolute atomic E-state index is 12.6. The Morgan fingerprint density at radius 1 is 0.764 bits per heavy atom. The Morgan fingerprint density at radius 3 is 1.80 bits per heavy atom. The summed E-state index contributed by atoms with van der Waals surface area (Å²) in [7, 11) is 2.58. The minimum atomic E-state index is -0.937. The van der Waals surface area contributed by atoms with E-state index in [1.54, 1.807) is 52.6 Å². The fourth-order valence-corrected chi connectivity index (χ4v) is 6.46. The predicted octanol–water partition coefficient (Wildman–Crippen LogP) is 3.43. The normalized spacial score (nSPS) is 19.3. The second kappa shape index (κ2) is 20.8. The molecule has 3 rings (SSSR count). The predicted molar refractivity (Wildman–Crippen MR) is 194 cm³/mol. The highest BCUT2D eigenvalue weighted by molar-refractivity contribution is 7.11. The van der Waals surface area contributed by atoms with Crippen LogP contribution in [0.1, 0.15) is 103 Å². The molecule has 1 aromatic heterocycles. The number of ether oxygens (including phenoxy) is 6. The molecule has 0 saturated carbocycles. The smallest absolute Gasteiger partial charge is 0.411 e. The molecule has 308 valence electrons. The van der Waals surface area contributed by atoms with Crippen molar-refractivity contribution >= 4 is 59.1 Å². The van der Waals surface area contributed by atoms with Crippen molar-refractivity contribution in [1.29, 1.82) is 0 Å². The van der Waals surface area contributed by atoms with Gasteiger partial charge in [-0.05, 0) is 48.0 Å². The van der Waals surface area contributed by atoms with Gasteiger partial charge in [-0.2, -0.15) is 0 Å². The van der Waals surface area contributed by atoms with Gasteiger partial charge in [-0.1, -0.05) is 0 Å². The van der Waals surface area contributed by atoms with E-state index in [1.165, 1.54) is 44.3 Å². The number of Topliss-reactive ketones (excluding diaryl/α,β-unsaturated/α-hetero) is 1. The number of hydrogen-bond donors (Lipinski definition) is 1. The summed E-state index contributed by atoms with van der Waals surface area (Å²) < 4.78 is 30.3. The molecule has 0 spiro atoms. The summed E-state index contributed by atoms with van der Waals surface area (Å²) in [5, 5.41) is 3.19. The number of methoxy groups -OCH3 is 2. The molecule has 2 aliphatic heterocycles. The number of thiazole rings is 1. The lowest BCUT2D eigenvalue weighted by molar-refractivity contribution is -0.146. The van der Waals surface area contributed by atoms with Gasteiger partial charge >= 0.3 is 36.1 Å². The highest BCUT2D eigenvalue weighted by Gasteiger charge is 2.43. The van der Waals surface area contributed by atoms with Gasteiger partial charge in [-0.25, -0.2) is 14.6 Å². The molecule has 3 amide bonds. The number of nitrogens with zero attached hydrogens (tertiary/aromatic N) is 3. The van der Waals surface area contributed by atoms with Crippen LogP contribution < -0.4 is 5.32 Å². The maximum atomic E-state index is 12.6. The molecular weight excluding hydrogens is 744 g/mol. The standard InChI is InChI=1S/C18H28N2O8.C18H26N2O6S/c1-11(21)27-13-8-14(20(10-13)17(25)28-18(2,3)4)16(24)19-9-12(22)6-7-15(23)26-5;1-11(21)25-12-8-14(20(10-12)17(23)26-18(2,3)4)16-19-9-13(27-16)6-7-15(22)24-5/h13-14H,6-10H2,1-5H3,(H,19,24);9,12,14H,6-8,10H2,1-5H3/t13-,14+;12-,14+/m11/s1. The van der Waals surface area contributed by atoms with Crippen molar-refractivity contribution in [3.8, 4) is 0 Å². The summed E-state index contributed by atoms with van der Waals surface area (Å²) in [5.41, 5.74) is -1.39. The van der Waals surface area contributed by atoms with E-state index in [2.05, 4.69) is 19.8 Å². The first-order chi connectivity index (χ1) is 25.5. The van der Waals surface area contributed by atoms with Crippen LogP contribution in [-0.2, 0) is 63.6 Å². The molecule has 3 heterocycles. The number of rotatable bonds is 12. The van der Waals surface area contributed by atoms with Gasteiger partial charge in [0, 0.05) is 44.2 Å². The van der Waals surface area contributed by atoms with E-state index in [0.717, 1.165) is 9.88 Å². The summed E-state index contributed by atoms with van der Waals surface area (Å²) in [5.74, 6) is -2.62. The van der Waals surface area contributed by atoms with Gasteiger partial charge in [0.25, 0.3) is 0 Å². The molecule has 0 bridgehead atoms. The first kappa shape index (κ1) is 46.3. The van der Waals surface area contributed by atoms with Crippen molar-refractivity contribution in [2.75, 3.05) is 33.9 Å². The largest absolute Gasteiger partial charge is 0.469 e. The number of hydrogen-bond acceptors (Lipinski definition) is 16. The zero-order valence-corrected chi connectivity index (χ0v) is 34.0. The Kier molecular flexibility index (Phi) is 17.5. The topological polar surface area (TPSA) is 223 Å². The molecule has 1 aromatic rings. The Bertz CT molecular complexity index is 1550. The number of aromatic nitrogens is 1. The van der Waals surface area contributed by atoms with E-state index < -0.39 is 59.5 Å². The number of carbonyl (C=O) groups excluding carboxylic acids is 8. The Hall–Kier alpha value is -4.81. The zero-order chi connectivity index (χ0) is 41.7. The number of carbonyl (C=O) groups is 8. The van der Waals surface area contributed by atoms with Crippen LogP contribution in [0.15, 0.2) is 6.20 Å². The fraction of sp³-hybridized carbons (Fsp3) is 0.694. The maximum Gasteiger partial charge on any atom is 0.411 e. The number of nitrogens with one attached hydrogen (secondary N) is 1. The minimum absolute atomic E-state index is 0.0167. The number of esters is 4. The number of ketones is 1. The van der Waals surface area contributed by atoms with E-state index in [9.17, 15) is 38.4 Å². The van der Waals surface area contributed by atoms with Crippen molar-refractivity contribution < 1.29 is 66.8 Å². The van der Waals surface area contributed by atoms with Crippen LogP contribution in [0.2, 0.25) is 0 Å². The van der Waals surface area contributed by atoms with E-state index >= 15 is 0 Å². The van der Waals surface area contributed by atoms with Gasteiger partial charge in [-0.3, -0.25) is 38.6 Å². The molecule has 2 aliphatic rings. The van der Waals surface area contributed by atoms with Crippen LogP contribution in [0, 0.1) is 0 Å². The number of likely N-dealkylation sites (tertiary alicyclic amines) is 2.